The van der Waals surface area contributed by atoms with E-state index in [9.17, 15) is 18.4 Å². The van der Waals surface area contributed by atoms with Gasteiger partial charge in [0.15, 0.2) is 0 Å². The highest BCUT2D eigenvalue weighted by Crippen LogP contribution is 2.26. The van der Waals surface area contributed by atoms with Crippen molar-refractivity contribution in [2.45, 2.75) is 25.3 Å². The molecule has 0 unspecified atom stereocenters. The number of aliphatic carboxylic acids is 1. The van der Waals surface area contributed by atoms with E-state index < -0.39 is 29.4 Å². The summed E-state index contributed by atoms with van der Waals surface area (Å²) >= 11 is 0. The molecule has 0 radical (unpaired) electrons. The van der Waals surface area contributed by atoms with Crippen molar-refractivity contribution >= 4 is 11.9 Å². The topological polar surface area (TPSA) is 66.4 Å². The van der Waals surface area contributed by atoms with Crippen LogP contribution in [0.3, 0.4) is 0 Å². The number of rotatable bonds is 3. The molecule has 0 saturated heterocycles. The Bertz CT molecular complexity index is 519. The zero-order valence-corrected chi connectivity index (χ0v) is 10.0. The summed E-state index contributed by atoms with van der Waals surface area (Å²) in [6, 6.07) is 2.34. The van der Waals surface area contributed by atoms with Gasteiger partial charge in [0.05, 0.1) is 11.5 Å². The Labute approximate surface area is 108 Å². The van der Waals surface area contributed by atoms with Gasteiger partial charge in [-0.2, -0.15) is 0 Å². The van der Waals surface area contributed by atoms with Crippen LogP contribution in [-0.4, -0.2) is 23.0 Å². The first kappa shape index (κ1) is 13.5. The van der Waals surface area contributed by atoms with Crippen molar-refractivity contribution in [1.82, 2.24) is 5.32 Å². The summed E-state index contributed by atoms with van der Waals surface area (Å²) in [5.74, 6) is -3.59. The first-order valence-corrected chi connectivity index (χ1v) is 5.96. The SMILES string of the molecule is O=C(N[C@H]1CC[C@@H](C(=O)O)C1)c1cc(F)ccc1F. The number of nitrogens with one attached hydrogen (secondary N) is 1. The second-order valence-corrected chi connectivity index (χ2v) is 4.64. The number of hydrogen-bond donors (Lipinski definition) is 2. The lowest BCUT2D eigenvalue weighted by Gasteiger charge is -2.12. The van der Waals surface area contributed by atoms with Crippen LogP contribution in [-0.2, 0) is 4.79 Å². The molecule has 19 heavy (non-hydrogen) atoms. The van der Waals surface area contributed by atoms with Gasteiger partial charge < -0.3 is 10.4 Å². The smallest absolute Gasteiger partial charge is 0.306 e. The minimum absolute atomic E-state index is 0.309. The second kappa shape index (κ2) is 5.34. The van der Waals surface area contributed by atoms with Gasteiger partial charge in [0, 0.05) is 6.04 Å². The Balaban J connectivity index is 2.02. The van der Waals surface area contributed by atoms with Crippen LogP contribution in [0.15, 0.2) is 18.2 Å². The summed E-state index contributed by atoms with van der Waals surface area (Å²) in [6.45, 7) is 0. The average molecular weight is 269 g/mol. The van der Waals surface area contributed by atoms with E-state index in [1.54, 1.807) is 0 Å². The highest BCUT2D eigenvalue weighted by atomic mass is 19.1. The molecule has 102 valence electrons. The van der Waals surface area contributed by atoms with Gasteiger partial charge in [0.1, 0.15) is 11.6 Å². The third kappa shape index (κ3) is 3.07. The van der Waals surface area contributed by atoms with E-state index in [1.165, 1.54) is 0 Å². The number of carboxylic acid groups (broad SMARTS) is 1. The molecule has 2 rings (SSSR count). The zero-order valence-electron chi connectivity index (χ0n) is 10.0. The van der Waals surface area contributed by atoms with E-state index >= 15 is 0 Å². The summed E-state index contributed by atoms with van der Waals surface area (Å²) in [5.41, 5.74) is -0.362. The van der Waals surface area contributed by atoms with E-state index in [-0.39, 0.29) is 11.6 Å². The van der Waals surface area contributed by atoms with E-state index in [2.05, 4.69) is 5.32 Å². The molecule has 1 aliphatic carbocycles. The number of benzene rings is 1. The quantitative estimate of drug-likeness (QED) is 0.881. The maximum absolute atomic E-state index is 13.4. The molecule has 2 N–H and O–H groups in total. The fourth-order valence-corrected chi connectivity index (χ4v) is 2.27. The Kier molecular flexibility index (Phi) is 3.78. The molecule has 0 spiro atoms. The van der Waals surface area contributed by atoms with E-state index in [0.717, 1.165) is 18.2 Å². The van der Waals surface area contributed by atoms with Crippen LogP contribution >= 0.6 is 0 Å². The molecule has 1 aromatic carbocycles. The van der Waals surface area contributed by atoms with Crippen LogP contribution in [0.2, 0.25) is 0 Å². The minimum atomic E-state index is -0.895. The Morgan fingerprint density at radius 2 is 2.00 bits per heavy atom. The number of carbonyl (C=O) groups is 2. The van der Waals surface area contributed by atoms with Gasteiger partial charge in [-0.25, -0.2) is 8.78 Å². The largest absolute Gasteiger partial charge is 0.481 e. The maximum Gasteiger partial charge on any atom is 0.306 e. The van der Waals surface area contributed by atoms with Gasteiger partial charge in [-0.3, -0.25) is 9.59 Å². The van der Waals surface area contributed by atoms with Crippen molar-refractivity contribution in [1.29, 1.82) is 0 Å². The molecular weight excluding hydrogens is 256 g/mol. The minimum Gasteiger partial charge on any atom is -0.481 e. The van der Waals surface area contributed by atoms with Crippen molar-refractivity contribution in [2.75, 3.05) is 0 Å². The lowest BCUT2D eigenvalue weighted by atomic mass is 10.1. The van der Waals surface area contributed by atoms with Crippen LogP contribution in [0.1, 0.15) is 29.6 Å². The van der Waals surface area contributed by atoms with Gasteiger partial charge >= 0.3 is 5.97 Å². The van der Waals surface area contributed by atoms with Crippen LogP contribution in [0.25, 0.3) is 0 Å². The molecule has 1 amide bonds. The highest BCUT2D eigenvalue weighted by Gasteiger charge is 2.31. The second-order valence-electron chi connectivity index (χ2n) is 4.64. The third-order valence-corrected chi connectivity index (χ3v) is 3.29. The first-order valence-electron chi connectivity index (χ1n) is 5.96. The van der Waals surface area contributed by atoms with Crippen LogP contribution in [0, 0.1) is 17.6 Å². The van der Waals surface area contributed by atoms with Crippen molar-refractivity contribution in [3.05, 3.63) is 35.4 Å². The molecule has 1 fully saturated rings. The Morgan fingerprint density at radius 3 is 2.63 bits per heavy atom. The molecule has 0 aromatic heterocycles. The monoisotopic (exact) mass is 269 g/mol. The molecule has 1 aliphatic rings. The summed E-state index contributed by atoms with van der Waals surface area (Å²) in [4.78, 5) is 22.6. The summed E-state index contributed by atoms with van der Waals surface area (Å²) < 4.78 is 26.3. The predicted molar refractivity (Wildman–Crippen MR) is 62.6 cm³/mol. The average Bonchev–Trinajstić information content (AvgIpc) is 2.80. The van der Waals surface area contributed by atoms with Crippen molar-refractivity contribution in [3.63, 3.8) is 0 Å². The molecule has 4 nitrogen and oxygen atoms in total. The van der Waals surface area contributed by atoms with Crippen LogP contribution < -0.4 is 5.32 Å². The van der Waals surface area contributed by atoms with Crippen molar-refractivity contribution in [2.24, 2.45) is 5.92 Å². The summed E-state index contributed by atoms with van der Waals surface area (Å²) in [7, 11) is 0. The van der Waals surface area contributed by atoms with Crippen LogP contribution in [0.4, 0.5) is 8.78 Å². The van der Waals surface area contributed by atoms with Gasteiger partial charge in [-0.1, -0.05) is 0 Å². The van der Waals surface area contributed by atoms with E-state index in [0.29, 0.717) is 19.3 Å². The van der Waals surface area contributed by atoms with E-state index in [1.807, 2.05) is 0 Å². The summed E-state index contributed by atoms with van der Waals surface area (Å²) in [6.07, 6.45) is 1.32. The summed E-state index contributed by atoms with van der Waals surface area (Å²) in [5, 5.41) is 11.4. The number of carbonyl (C=O) groups excluding carboxylic acids is 1. The predicted octanol–water partition coefficient (Wildman–Crippen LogP) is 1.95. The number of halogens is 2. The third-order valence-electron chi connectivity index (χ3n) is 3.29. The molecular formula is C13H13F2NO3. The lowest BCUT2D eigenvalue weighted by Crippen LogP contribution is -2.34. The van der Waals surface area contributed by atoms with E-state index in [4.69, 9.17) is 5.11 Å². The molecule has 1 saturated carbocycles. The fourth-order valence-electron chi connectivity index (χ4n) is 2.27. The number of amides is 1. The molecule has 0 aliphatic heterocycles. The molecule has 0 heterocycles. The fraction of sp³-hybridized carbons (Fsp3) is 0.385. The molecule has 6 heteroatoms. The first-order chi connectivity index (χ1) is 8.97. The highest BCUT2D eigenvalue weighted by molar-refractivity contribution is 5.94. The normalized spacial score (nSPS) is 22.2. The van der Waals surface area contributed by atoms with Gasteiger partial charge in [-0.15, -0.1) is 0 Å². The number of carboxylic acids is 1. The molecule has 0 bridgehead atoms. The standard InChI is InChI=1S/C13H13F2NO3/c14-8-2-4-11(15)10(6-8)12(17)16-9-3-1-7(5-9)13(18)19/h2,4,6-7,9H,1,3,5H2,(H,16,17)(H,18,19)/t7-,9+/m1/s1. The van der Waals surface area contributed by atoms with Crippen molar-refractivity contribution < 1.29 is 23.5 Å². The Hall–Kier alpha value is -1.98. The van der Waals surface area contributed by atoms with Gasteiger partial charge in [-0.05, 0) is 37.5 Å². The molecule has 2 atom stereocenters. The Morgan fingerprint density at radius 1 is 1.26 bits per heavy atom. The van der Waals surface area contributed by atoms with Crippen LogP contribution in [0.5, 0.6) is 0 Å². The molecule has 1 aromatic rings. The maximum atomic E-state index is 13.4. The number of hydrogen-bond acceptors (Lipinski definition) is 2. The lowest BCUT2D eigenvalue weighted by molar-refractivity contribution is -0.141. The van der Waals surface area contributed by atoms with Crippen molar-refractivity contribution in [3.8, 4) is 0 Å². The van der Waals surface area contributed by atoms with Gasteiger partial charge in [0.2, 0.25) is 0 Å². The van der Waals surface area contributed by atoms with Gasteiger partial charge in [0.25, 0.3) is 5.91 Å². The zero-order chi connectivity index (χ0) is 14.0.